The van der Waals surface area contributed by atoms with Gasteiger partial charge in [0, 0.05) is 32.2 Å². The molecule has 2 N–H and O–H groups in total. The lowest BCUT2D eigenvalue weighted by Gasteiger charge is -2.30. The molecule has 154 valence electrons. The summed E-state index contributed by atoms with van der Waals surface area (Å²) in [5.41, 5.74) is 2.14. The number of aryl methyl sites for hydroxylation is 1. The number of hydrogen-bond acceptors (Lipinski definition) is 3. The fourth-order valence-corrected chi connectivity index (χ4v) is 3.31. The van der Waals surface area contributed by atoms with E-state index in [1.807, 2.05) is 7.05 Å². The number of nitrogens with one attached hydrogen (secondary N) is 2. The van der Waals surface area contributed by atoms with Crippen molar-refractivity contribution in [3.8, 4) is 5.75 Å². The first-order valence-corrected chi connectivity index (χ1v) is 9.68. The summed E-state index contributed by atoms with van der Waals surface area (Å²) < 4.78 is 6.14. The topological polar surface area (TPSA) is 48.9 Å². The molecule has 1 heterocycles. The molecular formula is C21H37IN4O. The van der Waals surface area contributed by atoms with Crippen molar-refractivity contribution < 1.29 is 4.74 Å². The van der Waals surface area contributed by atoms with Crippen molar-refractivity contribution in [2.45, 2.75) is 52.7 Å². The molecule has 0 radical (unpaired) electrons. The van der Waals surface area contributed by atoms with Crippen LogP contribution in [0.25, 0.3) is 0 Å². The van der Waals surface area contributed by atoms with Gasteiger partial charge in [-0.3, -0.25) is 4.99 Å². The first-order chi connectivity index (χ1) is 12.3. The van der Waals surface area contributed by atoms with E-state index >= 15 is 0 Å². The quantitative estimate of drug-likeness (QED) is 0.376. The molecular weight excluding hydrogens is 451 g/mol. The number of ether oxygens (including phenoxy) is 1. The van der Waals surface area contributed by atoms with Crippen LogP contribution in [0.3, 0.4) is 0 Å². The van der Waals surface area contributed by atoms with Crippen molar-refractivity contribution in [3.05, 3.63) is 29.3 Å². The fraction of sp³-hybridized carbons (Fsp3) is 0.667. The summed E-state index contributed by atoms with van der Waals surface area (Å²) in [5, 5.41) is 6.91. The van der Waals surface area contributed by atoms with Gasteiger partial charge < -0.3 is 20.3 Å². The number of piperidine rings is 1. The summed E-state index contributed by atoms with van der Waals surface area (Å²) in [5.74, 6) is 2.47. The second-order valence-corrected chi connectivity index (χ2v) is 8.40. The molecule has 1 unspecified atom stereocenters. The van der Waals surface area contributed by atoms with Crippen LogP contribution in [0.1, 0.15) is 44.7 Å². The summed E-state index contributed by atoms with van der Waals surface area (Å²) in [6.07, 6.45) is 2.57. The van der Waals surface area contributed by atoms with Gasteiger partial charge >= 0.3 is 0 Å². The highest BCUT2D eigenvalue weighted by Gasteiger charge is 2.18. The molecule has 2 rings (SSSR count). The lowest BCUT2D eigenvalue weighted by atomic mass is 9.99. The van der Waals surface area contributed by atoms with Crippen LogP contribution in [0, 0.1) is 12.8 Å². The van der Waals surface area contributed by atoms with E-state index in [0.717, 1.165) is 30.4 Å². The lowest BCUT2D eigenvalue weighted by molar-refractivity contribution is 0.129. The average Bonchev–Trinajstić information content (AvgIpc) is 2.55. The highest BCUT2D eigenvalue weighted by Crippen LogP contribution is 2.24. The van der Waals surface area contributed by atoms with Crippen molar-refractivity contribution in [1.82, 2.24) is 15.5 Å². The molecule has 0 spiro atoms. The summed E-state index contributed by atoms with van der Waals surface area (Å²) in [6.45, 7) is 12.4. The van der Waals surface area contributed by atoms with Crippen molar-refractivity contribution in [2.24, 2.45) is 10.9 Å². The number of likely N-dealkylation sites (tertiary alicyclic amines) is 1. The highest BCUT2D eigenvalue weighted by atomic mass is 127. The van der Waals surface area contributed by atoms with Gasteiger partial charge in [-0.2, -0.15) is 0 Å². The number of halogens is 1. The summed E-state index contributed by atoms with van der Waals surface area (Å²) in [7, 11) is 4.03. The third kappa shape index (κ3) is 8.68. The van der Waals surface area contributed by atoms with E-state index in [1.165, 1.54) is 24.9 Å². The predicted molar refractivity (Wildman–Crippen MR) is 125 cm³/mol. The Morgan fingerprint density at radius 3 is 2.67 bits per heavy atom. The Balaban J connectivity index is 0.00000364. The van der Waals surface area contributed by atoms with Crippen LogP contribution < -0.4 is 15.4 Å². The smallest absolute Gasteiger partial charge is 0.191 e. The van der Waals surface area contributed by atoms with Gasteiger partial charge in [0.15, 0.2) is 5.96 Å². The Morgan fingerprint density at radius 2 is 2.04 bits per heavy atom. The molecule has 0 aromatic heterocycles. The molecule has 1 aromatic rings. The first kappa shape index (κ1) is 24.0. The molecule has 1 atom stereocenters. The Bertz CT molecular complexity index is 613. The van der Waals surface area contributed by atoms with Crippen LogP contribution in [-0.4, -0.2) is 50.2 Å². The second kappa shape index (κ2) is 11.1. The molecule has 0 amide bonds. The number of nitrogens with zero attached hydrogens (tertiary/aromatic N) is 2. The van der Waals surface area contributed by atoms with E-state index in [9.17, 15) is 0 Å². The van der Waals surface area contributed by atoms with Gasteiger partial charge in [-0.1, -0.05) is 12.1 Å². The molecule has 5 nitrogen and oxygen atoms in total. The van der Waals surface area contributed by atoms with Crippen molar-refractivity contribution in [2.75, 3.05) is 33.7 Å². The Morgan fingerprint density at radius 1 is 1.30 bits per heavy atom. The van der Waals surface area contributed by atoms with Gasteiger partial charge in [-0.15, -0.1) is 24.0 Å². The van der Waals surface area contributed by atoms with Gasteiger partial charge in [0.25, 0.3) is 0 Å². The van der Waals surface area contributed by atoms with Gasteiger partial charge in [-0.25, -0.2) is 0 Å². The molecule has 0 aliphatic carbocycles. The number of hydrogen-bond donors (Lipinski definition) is 2. The van der Waals surface area contributed by atoms with Crippen LogP contribution in [0.15, 0.2) is 23.2 Å². The van der Waals surface area contributed by atoms with Gasteiger partial charge in [0.1, 0.15) is 11.4 Å². The molecule has 1 aromatic carbocycles. The zero-order valence-electron chi connectivity index (χ0n) is 17.8. The fourth-order valence-electron chi connectivity index (χ4n) is 3.31. The second-order valence-electron chi connectivity index (χ2n) is 8.40. The van der Waals surface area contributed by atoms with Crippen molar-refractivity contribution in [3.63, 3.8) is 0 Å². The number of benzene rings is 1. The van der Waals surface area contributed by atoms with Gasteiger partial charge in [0.2, 0.25) is 0 Å². The van der Waals surface area contributed by atoms with Crippen LogP contribution in [-0.2, 0) is 6.54 Å². The molecule has 1 fully saturated rings. The maximum atomic E-state index is 6.14. The Labute approximate surface area is 182 Å². The summed E-state index contributed by atoms with van der Waals surface area (Å²) in [4.78, 5) is 6.78. The van der Waals surface area contributed by atoms with Gasteiger partial charge in [-0.05, 0) is 71.7 Å². The average molecular weight is 488 g/mol. The summed E-state index contributed by atoms with van der Waals surface area (Å²) >= 11 is 0. The standard InChI is InChI=1S/C21H36N4O.HI/c1-16-9-10-18(19(12-16)26-21(2,3)4)14-24-20(22-5)23-13-17-8-7-11-25(6)15-17;/h9-10,12,17H,7-8,11,13-15H2,1-6H3,(H2,22,23,24);1H. The molecule has 6 heteroatoms. The Hall–Kier alpha value is -1.02. The maximum absolute atomic E-state index is 6.14. The largest absolute Gasteiger partial charge is 0.488 e. The number of rotatable bonds is 5. The number of guanidine groups is 1. The van der Waals surface area contributed by atoms with Gasteiger partial charge in [0.05, 0.1) is 0 Å². The third-order valence-corrected chi connectivity index (χ3v) is 4.59. The van der Waals surface area contributed by atoms with E-state index in [1.54, 1.807) is 0 Å². The zero-order valence-corrected chi connectivity index (χ0v) is 20.1. The molecule has 1 aliphatic heterocycles. The third-order valence-electron chi connectivity index (χ3n) is 4.59. The van der Waals surface area contributed by atoms with Crippen molar-refractivity contribution >= 4 is 29.9 Å². The first-order valence-electron chi connectivity index (χ1n) is 9.68. The van der Waals surface area contributed by atoms with Crippen LogP contribution in [0.4, 0.5) is 0 Å². The normalized spacial score (nSPS) is 18.6. The van der Waals surface area contributed by atoms with E-state index in [2.05, 4.69) is 73.5 Å². The SMILES string of the molecule is CN=C(NCc1ccc(C)cc1OC(C)(C)C)NCC1CCCN(C)C1.I. The Kier molecular flexibility index (Phi) is 9.87. The van der Waals surface area contributed by atoms with E-state index < -0.39 is 0 Å². The molecule has 27 heavy (non-hydrogen) atoms. The monoisotopic (exact) mass is 488 g/mol. The lowest BCUT2D eigenvalue weighted by Crippen LogP contribution is -2.43. The molecule has 0 saturated carbocycles. The minimum atomic E-state index is -0.213. The molecule has 1 saturated heterocycles. The highest BCUT2D eigenvalue weighted by molar-refractivity contribution is 14.0. The zero-order chi connectivity index (χ0) is 19.2. The van der Waals surface area contributed by atoms with Crippen LogP contribution in [0.2, 0.25) is 0 Å². The van der Waals surface area contributed by atoms with E-state index in [0.29, 0.717) is 12.5 Å². The van der Waals surface area contributed by atoms with Crippen molar-refractivity contribution in [1.29, 1.82) is 0 Å². The number of aliphatic imine (C=N–C) groups is 1. The minimum absolute atomic E-state index is 0. The van der Waals surface area contributed by atoms with Crippen LogP contribution >= 0.6 is 24.0 Å². The maximum Gasteiger partial charge on any atom is 0.191 e. The predicted octanol–water partition coefficient (Wildman–Crippen LogP) is 3.80. The van der Waals surface area contributed by atoms with Crippen LogP contribution in [0.5, 0.6) is 5.75 Å². The summed E-state index contributed by atoms with van der Waals surface area (Å²) in [6, 6.07) is 6.36. The minimum Gasteiger partial charge on any atom is -0.488 e. The van der Waals surface area contributed by atoms with E-state index in [4.69, 9.17) is 4.74 Å². The molecule has 0 bridgehead atoms. The van der Waals surface area contributed by atoms with E-state index in [-0.39, 0.29) is 29.6 Å². The molecule has 1 aliphatic rings.